The third-order valence-corrected chi connectivity index (χ3v) is 2.41. The summed E-state index contributed by atoms with van der Waals surface area (Å²) in [7, 11) is 1.56. The molecule has 0 spiro atoms. The first kappa shape index (κ1) is 11.9. The van der Waals surface area contributed by atoms with Crippen LogP contribution in [-0.4, -0.2) is 12.2 Å². The van der Waals surface area contributed by atoms with Crippen molar-refractivity contribution in [2.24, 2.45) is 5.41 Å². The Morgan fingerprint density at radius 1 is 1.27 bits per heavy atom. The van der Waals surface area contributed by atoms with Crippen LogP contribution < -0.4 is 4.74 Å². The summed E-state index contributed by atoms with van der Waals surface area (Å²) in [4.78, 5) is 0. The van der Waals surface area contributed by atoms with Gasteiger partial charge in [0.1, 0.15) is 0 Å². The number of aryl methyl sites for hydroxylation is 1. The number of methoxy groups -OCH3 is 1. The van der Waals surface area contributed by atoms with E-state index in [9.17, 15) is 5.11 Å². The fraction of sp³-hybridized carbons (Fsp3) is 0.538. The topological polar surface area (TPSA) is 29.5 Å². The first-order valence-electron chi connectivity index (χ1n) is 5.28. The normalized spacial score (nSPS) is 11.5. The largest absolute Gasteiger partial charge is 0.504 e. The van der Waals surface area contributed by atoms with Gasteiger partial charge in [0.25, 0.3) is 0 Å². The minimum Gasteiger partial charge on any atom is -0.504 e. The van der Waals surface area contributed by atoms with Crippen LogP contribution in [0, 0.1) is 5.41 Å². The van der Waals surface area contributed by atoms with Crippen molar-refractivity contribution in [3.05, 3.63) is 23.8 Å². The van der Waals surface area contributed by atoms with Gasteiger partial charge in [-0.2, -0.15) is 0 Å². The SMILES string of the molecule is COc1ccc(CCC(C)(C)C)cc1O. The molecule has 0 amide bonds. The van der Waals surface area contributed by atoms with E-state index in [-0.39, 0.29) is 5.75 Å². The second-order valence-corrected chi connectivity index (χ2v) is 5.07. The van der Waals surface area contributed by atoms with Gasteiger partial charge in [-0.15, -0.1) is 0 Å². The highest BCUT2D eigenvalue weighted by Crippen LogP contribution is 2.28. The molecule has 0 unspecified atom stereocenters. The van der Waals surface area contributed by atoms with Gasteiger partial charge in [0.05, 0.1) is 7.11 Å². The molecule has 1 N–H and O–H groups in total. The smallest absolute Gasteiger partial charge is 0.160 e. The van der Waals surface area contributed by atoms with Gasteiger partial charge in [-0.1, -0.05) is 26.8 Å². The zero-order valence-electron chi connectivity index (χ0n) is 10.0. The average Bonchev–Trinajstić information content (AvgIpc) is 2.14. The molecule has 0 heterocycles. The van der Waals surface area contributed by atoms with Crippen molar-refractivity contribution in [2.45, 2.75) is 33.6 Å². The van der Waals surface area contributed by atoms with Crippen molar-refractivity contribution in [2.75, 3.05) is 7.11 Å². The average molecular weight is 208 g/mol. The summed E-state index contributed by atoms with van der Waals surface area (Å²) in [6.07, 6.45) is 2.10. The number of aromatic hydroxyl groups is 1. The van der Waals surface area contributed by atoms with Crippen LogP contribution >= 0.6 is 0 Å². The fourth-order valence-corrected chi connectivity index (χ4v) is 1.41. The van der Waals surface area contributed by atoms with Gasteiger partial charge in [0.2, 0.25) is 0 Å². The predicted molar refractivity (Wildman–Crippen MR) is 62.4 cm³/mol. The standard InChI is InChI=1S/C13H20O2/c1-13(2,3)8-7-10-5-6-12(15-4)11(14)9-10/h5-6,9,14H,7-8H2,1-4H3. The Labute approximate surface area is 91.9 Å². The third-order valence-electron chi connectivity index (χ3n) is 2.41. The Kier molecular flexibility index (Phi) is 3.61. The highest BCUT2D eigenvalue weighted by Gasteiger charge is 2.10. The van der Waals surface area contributed by atoms with E-state index < -0.39 is 0 Å². The molecule has 1 rings (SSSR count). The molecule has 1 aromatic rings. The Morgan fingerprint density at radius 2 is 1.93 bits per heavy atom. The van der Waals surface area contributed by atoms with Gasteiger partial charge < -0.3 is 9.84 Å². The number of benzene rings is 1. The first-order valence-corrected chi connectivity index (χ1v) is 5.28. The lowest BCUT2D eigenvalue weighted by Crippen LogP contribution is -2.06. The van der Waals surface area contributed by atoms with Gasteiger partial charge in [0, 0.05) is 0 Å². The van der Waals surface area contributed by atoms with Crippen molar-refractivity contribution >= 4 is 0 Å². The van der Waals surface area contributed by atoms with Crippen LogP contribution in [0.2, 0.25) is 0 Å². The zero-order chi connectivity index (χ0) is 11.5. The lowest BCUT2D eigenvalue weighted by molar-refractivity contribution is 0.369. The van der Waals surface area contributed by atoms with Crippen LogP contribution in [0.15, 0.2) is 18.2 Å². The van der Waals surface area contributed by atoms with Crippen molar-refractivity contribution in [3.63, 3.8) is 0 Å². The van der Waals surface area contributed by atoms with Crippen molar-refractivity contribution < 1.29 is 9.84 Å². The fourth-order valence-electron chi connectivity index (χ4n) is 1.41. The van der Waals surface area contributed by atoms with Crippen LogP contribution in [0.25, 0.3) is 0 Å². The second kappa shape index (κ2) is 4.56. The minimum atomic E-state index is 0.226. The Morgan fingerprint density at radius 3 is 2.40 bits per heavy atom. The Hall–Kier alpha value is -1.18. The van der Waals surface area contributed by atoms with Crippen LogP contribution in [0.4, 0.5) is 0 Å². The molecule has 0 aromatic heterocycles. The van der Waals surface area contributed by atoms with Crippen molar-refractivity contribution in [3.8, 4) is 11.5 Å². The number of phenolic OH excluding ortho intramolecular Hbond substituents is 1. The van der Waals surface area contributed by atoms with E-state index >= 15 is 0 Å². The Balaban J connectivity index is 2.68. The van der Waals surface area contributed by atoms with E-state index in [0.717, 1.165) is 18.4 Å². The van der Waals surface area contributed by atoms with Crippen LogP contribution in [0.1, 0.15) is 32.8 Å². The highest BCUT2D eigenvalue weighted by molar-refractivity contribution is 5.41. The van der Waals surface area contributed by atoms with Gasteiger partial charge in [-0.3, -0.25) is 0 Å². The molecule has 0 aliphatic heterocycles. The molecule has 0 saturated heterocycles. The monoisotopic (exact) mass is 208 g/mol. The van der Waals surface area contributed by atoms with Crippen LogP contribution in [0.5, 0.6) is 11.5 Å². The molecule has 0 atom stereocenters. The molecule has 15 heavy (non-hydrogen) atoms. The quantitative estimate of drug-likeness (QED) is 0.825. The molecule has 0 fully saturated rings. The van der Waals surface area contributed by atoms with E-state index in [1.807, 2.05) is 12.1 Å². The van der Waals surface area contributed by atoms with Crippen molar-refractivity contribution in [1.82, 2.24) is 0 Å². The summed E-state index contributed by atoms with van der Waals surface area (Å²) in [5.41, 5.74) is 1.48. The number of phenols is 1. The van der Waals surface area contributed by atoms with Crippen molar-refractivity contribution in [1.29, 1.82) is 0 Å². The second-order valence-electron chi connectivity index (χ2n) is 5.07. The molecule has 0 radical (unpaired) electrons. The summed E-state index contributed by atoms with van der Waals surface area (Å²) in [5, 5.41) is 9.60. The Bertz CT molecular complexity index is 324. The third kappa shape index (κ3) is 3.82. The van der Waals surface area contributed by atoms with Gasteiger partial charge in [-0.05, 0) is 36.0 Å². The molecule has 0 bridgehead atoms. The molecule has 0 saturated carbocycles. The number of hydrogen-bond acceptors (Lipinski definition) is 2. The molecule has 2 nitrogen and oxygen atoms in total. The zero-order valence-corrected chi connectivity index (χ0v) is 10.0. The van der Waals surface area contributed by atoms with Gasteiger partial charge >= 0.3 is 0 Å². The minimum absolute atomic E-state index is 0.226. The maximum atomic E-state index is 9.60. The summed E-state index contributed by atoms with van der Waals surface area (Å²) >= 11 is 0. The summed E-state index contributed by atoms with van der Waals surface area (Å²) in [6.45, 7) is 6.66. The predicted octanol–water partition coefficient (Wildman–Crippen LogP) is 3.38. The lowest BCUT2D eigenvalue weighted by atomic mass is 9.89. The van der Waals surface area contributed by atoms with E-state index in [4.69, 9.17) is 4.74 Å². The van der Waals surface area contributed by atoms with Gasteiger partial charge in [-0.25, -0.2) is 0 Å². The van der Waals surface area contributed by atoms with E-state index in [1.165, 1.54) is 0 Å². The summed E-state index contributed by atoms with van der Waals surface area (Å²) in [5.74, 6) is 0.762. The number of hydrogen-bond donors (Lipinski definition) is 1. The van der Waals surface area contributed by atoms with Crippen LogP contribution in [0.3, 0.4) is 0 Å². The van der Waals surface area contributed by atoms with E-state index in [1.54, 1.807) is 13.2 Å². The molecular weight excluding hydrogens is 188 g/mol. The lowest BCUT2D eigenvalue weighted by Gasteiger charge is -2.17. The highest BCUT2D eigenvalue weighted by atomic mass is 16.5. The molecule has 2 heteroatoms. The summed E-state index contributed by atoms with van der Waals surface area (Å²) in [6, 6.07) is 5.60. The molecule has 0 aliphatic rings. The van der Waals surface area contributed by atoms with E-state index in [2.05, 4.69) is 20.8 Å². The molecule has 84 valence electrons. The number of ether oxygens (including phenoxy) is 1. The molecule has 1 aromatic carbocycles. The van der Waals surface area contributed by atoms with Gasteiger partial charge in [0.15, 0.2) is 11.5 Å². The van der Waals surface area contributed by atoms with Crippen LogP contribution in [-0.2, 0) is 6.42 Å². The molecular formula is C13H20O2. The molecule has 0 aliphatic carbocycles. The number of rotatable bonds is 3. The maximum Gasteiger partial charge on any atom is 0.160 e. The summed E-state index contributed by atoms with van der Waals surface area (Å²) < 4.78 is 5.00. The van der Waals surface area contributed by atoms with E-state index in [0.29, 0.717) is 11.2 Å². The first-order chi connectivity index (χ1) is 6.92. The maximum absolute atomic E-state index is 9.60.